The largest absolute Gasteiger partial charge is 0.481 e. The number of hydrogen-bond donors (Lipinski definition) is 1. The summed E-state index contributed by atoms with van der Waals surface area (Å²) < 4.78 is 0. The fraction of sp³-hybridized carbons (Fsp3) is 0.500. The Morgan fingerprint density at radius 2 is 2.21 bits per heavy atom. The minimum atomic E-state index is -0.709. The van der Waals surface area contributed by atoms with Gasteiger partial charge in [0.15, 0.2) is 0 Å². The Hall–Kier alpha value is -0.770. The highest BCUT2D eigenvalue weighted by Crippen LogP contribution is 2.28. The van der Waals surface area contributed by atoms with E-state index >= 15 is 0 Å². The Morgan fingerprint density at radius 1 is 1.47 bits per heavy atom. The molecular formula is C14H17Cl2NO2. The van der Waals surface area contributed by atoms with E-state index < -0.39 is 5.97 Å². The minimum Gasteiger partial charge on any atom is -0.481 e. The second-order valence-electron chi connectivity index (χ2n) is 5.03. The third kappa shape index (κ3) is 3.41. The summed E-state index contributed by atoms with van der Waals surface area (Å²) in [6.07, 6.45) is 1.66. The molecule has 2 rings (SSSR count). The smallest absolute Gasteiger partial charge is 0.308 e. The number of aliphatic carboxylic acids is 1. The van der Waals surface area contributed by atoms with Crippen molar-refractivity contribution in [2.75, 3.05) is 6.54 Å². The number of carbonyl (C=O) groups is 1. The fourth-order valence-electron chi connectivity index (χ4n) is 2.64. The Balaban J connectivity index is 2.11. The Labute approximate surface area is 123 Å². The van der Waals surface area contributed by atoms with Crippen LogP contribution in [0.4, 0.5) is 0 Å². The third-order valence-electron chi connectivity index (χ3n) is 3.82. The molecule has 0 spiro atoms. The van der Waals surface area contributed by atoms with E-state index in [0.29, 0.717) is 16.6 Å². The number of rotatable bonds is 3. The predicted molar refractivity (Wildman–Crippen MR) is 76.7 cm³/mol. The summed E-state index contributed by atoms with van der Waals surface area (Å²) in [5, 5.41) is 10.5. The van der Waals surface area contributed by atoms with E-state index in [1.54, 1.807) is 6.07 Å². The molecular weight excluding hydrogens is 285 g/mol. The molecule has 1 fully saturated rings. The van der Waals surface area contributed by atoms with Crippen LogP contribution in [0.5, 0.6) is 0 Å². The number of benzene rings is 1. The molecule has 1 aliphatic rings. The summed E-state index contributed by atoms with van der Waals surface area (Å²) in [7, 11) is 0. The molecule has 104 valence electrons. The lowest BCUT2D eigenvalue weighted by atomic mass is 9.90. The lowest BCUT2D eigenvalue weighted by Crippen LogP contribution is -2.45. The molecule has 1 heterocycles. The first-order valence-electron chi connectivity index (χ1n) is 6.40. The van der Waals surface area contributed by atoms with Gasteiger partial charge in [-0.25, -0.2) is 0 Å². The average Bonchev–Trinajstić information content (AvgIpc) is 2.34. The maximum atomic E-state index is 11.2. The molecule has 1 aromatic rings. The fourth-order valence-corrected chi connectivity index (χ4v) is 3.10. The quantitative estimate of drug-likeness (QED) is 0.926. The molecule has 1 saturated heterocycles. The number of nitrogens with zero attached hydrogens (tertiary/aromatic N) is 1. The van der Waals surface area contributed by atoms with E-state index in [0.717, 1.165) is 24.9 Å². The van der Waals surface area contributed by atoms with Gasteiger partial charge in [-0.1, -0.05) is 29.3 Å². The summed E-state index contributed by atoms with van der Waals surface area (Å²) in [6.45, 7) is 3.55. The zero-order valence-electron chi connectivity index (χ0n) is 10.8. The molecule has 0 amide bonds. The topological polar surface area (TPSA) is 40.5 Å². The average molecular weight is 302 g/mol. The first-order valence-corrected chi connectivity index (χ1v) is 7.15. The van der Waals surface area contributed by atoms with Gasteiger partial charge in [-0.2, -0.15) is 0 Å². The van der Waals surface area contributed by atoms with Crippen molar-refractivity contribution in [2.45, 2.75) is 32.4 Å². The molecule has 19 heavy (non-hydrogen) atoms. The van der Waals surface area contributed by atoms with E-state index in [1.807, 2.05) is 19.1 Å². The zero-order valence-corrected chi connectivity index (χ0v) is 12.3. The van der Waals surface area contributed by atoms with Gasteiger partial charge < -0.3 is 5.11 Å². The van der Waals surface area contributed by atoms with Crippen molar-refractivity contribution >= 4 is 29.2 Å². The van der Waals surface area contributed by atoms with Crippen LogP contribution >= 0.6 is 23.2 Å². The first-order chi connectivity index (χ1) is 8.99. The second kappa shape index (κ2) is 6.12. The van der Waals surface area contributed by atoms with Crippen LogP contribution in [0.1, 0.15) is 25.3 Å². The molecule has 0 unspecified atom stereocenters. The molecule has 0 aromatic heterocycles. The second-order valence-corrected chi connectivity index (χ2v) is 5.88. The van der Waals surface area contributed by atoms with Gasteiger partial charge in [0, 0.05) is 22.6 Å². The lowest BCUT2D eigenvalue weighted by molar-refractivity contribution is -0.145. The first kappa shape index (κ1) is 14.6. The van der Waals surface area contributed by atoms with E-state index in [4.69, 9.17) is 23.2 Å². The van der Waals surface area contributed by atoms with Gasteiger partial charge in [0.05, 0.1) is 5.92 Å². The lowest BCUT2D eigenvalue weighted by Gasteiger charge is -2.37. The van der Waals surface area contributed by atoms with Gasteiger partial charge in [0.1, 0.15) is 0 Å². The van der Waals surface area contributed by atoms with E-state index in [9.17, 15) is 9.90 Å². The summed E-state index contributed by atoms with van der Waals surface area (Å²) >= 11 is 12.0. The standard InChI is InChI=1S/C14H17Cl2NO2/c1-9-12(14(18)19)3-2-6-17(9)8-10-4-5-11(15)7-13(10)16/h4-5,7,9,12H,2-3,6,8H2,1H3,(H,18,19)/t9-,12-/m1/s1. The Morgan fingerprint density at radius 3 is 2.84 bits per heavy atom. The number of piperidine rings is 1. The third-order valence-corrected chi connectivity index (χ3v) is 4.41. The van der Waals surface area contributed by atoms with Crippen LogP contribution in [-0.4, -0.2) is 28.6 Å². The van der Waals surface area contributed by atoms with Crippen molar-refractivity contribution in [2.24, 2.45) is 5.92 Å². The van der Waals surface area contributed by atoms with E-state index in [2.05, 4.69) is 4.90 Å². The maximum Gasteiger partial charge on any atom is 0.308 e. The highest BCUT2D eigenvalue weighted by molar-refractivity contribution is 6.35. The zero-order chi connectivity index (χ0) is 14.0. The number of carboxylic acid groups (broad SMARTS) is 1. The van der Waals surface area contributed by atoms with Gasteiger partial charge in [0.2, 0.25) is 0 Å². The van der Waals surface area contributed by atoms with Crippen LogP contribution in [0, 0.1) is 5.92 Å². The minimum absolute atomic E-state index is 0.0259. The van der Waals surface area contributed by atoms with E-state index in [1.165, 1.54) is 0 Å². The molecule has 1 aliphatic heterocycles. The Kier molecular flexibility index (Phi) is 4.71. The van der Waals surface area contributed by atoms with Gasteiger partial charge in [-0.15, -0.1) is 0 Å². The summed E-state index contributed by atoms with van der Waals surface area (Å²) in [5.41, 5.74) is 0.990. The van der Waals surface area contributed by atoms with Crippen molar-refractivity contribution in [3.8, 4) is 0 Å². The molecule has 5 heteroatoms. The van der Waals surface area contributed by atoms with Crippen LogP contribution in [0.15, 0.2) is 18.2 Å². The molecule has 0 saturated carbocycles. The molecule has 0 aliphatic carbocycles. The summed E-state index contributed by atoms with van der Waals surface area (Å²) in [5.74, 6) is -1.00. The molecule has 3 nitrogen and oxygen atoms in total. The highest BCUT2D eigenvalue weighted by atomic mass is 35.5. The van der Waals surface area contributed by atoms with Crippen molar-refractivity contribution in [3.63, 3.8) is 0 Å². The predicted octanol–water partition coefficient (Wildman–Crippen LogP) is 3.68. The molecule has 2 atom stereocenters. The number of halogens is 2. The van der Waals surface area contributed by atoms with Crippen LogP contribution < -0.4 is 0 Å². The number of hydrogen-bond acceptors (Lipinski definition) is 2. The summed E-state index contributed by atoms with van der Waals surface area (Å²) in [6, 6.07) is 5.47. The van der Waals surface area contributed by atoms with Crippen LogP contribution in [-0.2, 0) is 11.3 Å². The van der Waals surface area contributed by atoms with Gasteiger partial charge in [0.25, 0.3) is 0 Å². The molecule has 1 N–H and O–H groups in total. The van der Waals surface area contributed by atoms with Crippen LogP contribution in [0.2, 0.25) is 10.0 Å². The van der Waals surface area contributed by atoms with E-state index in [-0.39, 0.29) is 12.0 Å². The van der Waals surface area contributed by atoms with Crippen LogP contribution in [0.3, 0.4) is 0 Å². The van der Waals surface area contributed by atoms with Crippen molar-refractivity contribution in [1.82, 2.24) is 4.90 Å². The number of likely N-dealkylation sites (tertiary alicyclic amines) is 1. The maximum absolute atomic E-state index is 11.2. The monoisotopic (exact) mass is 301 g/mol. The highest BCUT2D eigenvalue weighted by Gasteiger charge is 2.32. The normalized spacial score (nSPS) is 24.4. The van der Waals surface area contributed by atoms with Crippen molar-refractivity contribution < 1.29 is 9.90 Å². The molecule has 0 radical (unpaired) electrons. The van der Waals surface area contributed by atoms with Crippen molar-refractivity contribution in [1.29, 1.82) is 0 Å². The van der Waals surface area contributed by atoms with Gasteiger partial charge in [-0.3, -0.25) is 9.69 Å². The van der Waals surface area contributed by atoms with Crippen molar-refractivity contribution in [3.05, 3.63) is 33.8 Å². The van der Waals surface area contributed by atoms with Gasteiger partial charge in [-0.05, 0) is 44.0 Å². The Bertz CT molecular complexity index is 479. The van der Waals surface area contributed by atoms with Gasteiger partial charge >= 0.3 is 5.97 Å². The van der Waals surface area contributed by atoms with Crippen LogP contribution in [0.25, 0.3) is 0 Å². The molecule has 1 aromatic carbocycles. The number of carboxylic acids is 1. The SMILES string of the molecule is C[C@@H]1[C@H](C(=O)O)CCCN1Cc1ccc(Cl)cc1Cl. The molecule has 0 bridgehead atoms. The summed E-state index contributed by atoms with van der Waals surface area (Å²) in [4.78, 5) is 13.4.